The fraction of sp³-hybridized carbons (Fsp3) is 0.0476. The number of fused-ring (bicyclic) bond motifs is 1. The minimum atomic E-state index is 0.294. The molecule has 0 amide bonds. The van der Waals surface area contributed by atoms with Gasteiger partial charge in [0.2, 0.25) is 0 Å². The van der Waals surface area contributed by atoms with Gasteiger partial charge in [0.1, 0.15) is 5.69 Å². The zero-order valence-corrected chi connectivity index (χ0v) is 14.4. The number of nitroso groups, excluding NO2 is 1. The van der Waals surface area contributed by atoms with E-state index in [1.165, 1.54) is 0 Å². The molecule has 0 bridgehead atoms. The second-order valence-electron chi connectivity index (χ2n) is 6.09. The predicted molar refractivity (Wildman–Crippen MR) is 107 cm³/mol. The molecule has 0 aliphatic heterocycles. The van der Waals surface area contributed by atoms with Crippen LogP contribution in [0.3, 0.4) is 0 Å². The summed E-state index contributed by atoms with van der Waals surface area (Å²) in [5.41, 5.74) is 13.8. The molecular formula is C21H15N5O. The first-order valence-corrected chi connectivity index (χ1v) is 8.45. The summed E-state index contributed by atoms with van der Waals surface area (Å²) in [6, 6.07) is 23.2. The molecule has 27 heavy (non-hydrogen) atoms. The van der Waals surface area contributed by atoms with Crippen molar-refractivity contribution in [1.82, 2.24) is 4.57 Å². The van der Waals surface area contributed by atoms with E-state index in [9.17, 15) is 4.91 Å². The molecule has 0 atom stereocenters. The van der Waals surface area contributed by atoms with Gasteiger partial charge < -0.3 is 4.57 Å². The van der Waals surface area contributed by atoms with Crippen LogP contribution in [0.1, 0.15) is 5.56 Å². The molecule has 0 aliphatic carbocycles. The minimum absolute atomic E-state index is 0.294. The Labute approximate surface area is 155 Å². The van der Waals surface area contributed by atoms with Gasteiger partial charge in [0.15, 0.2) is 0 Å². The van der Waals surface area contributed by atoms with Gasteiger partial charge in [0, 0.05) is 27.7 Å². The maximum absolute atomic E-state index is 11.1. The van der Waals surface area contributed by atoms with Crippen LogP contribution in [0.15, 0.2) is 89.3 Å². The zero-order chi connectivity index (χ0) is 18.6. The maximum atomic E-state index is 11.1. The number of rotatable bonds is 5. The Hall–Kier alpha value is -3.89. The highest BCUT2D eigenvalue weighted by atomic mass is 16.3. The highest BCUT2D eigenvalue weighted by molar-refractivity contribution is 5.89. The van der Waals surface area contributed by atoms with Gasteiger partial charge in [-0.15, -0.1) is 4.91 Å². The lowest BCUT2D eigenvalue weighted by molar-refractivity contribution is 0.998. The van der Waals surface area contributed by atoms with E-state index >= 15 is 0 Å². The highest BCUT2D eigenvalue weighted by Crippen LogP contribution is 2.33. The van der Waals surface area contributed by atoms with E-state index in [0.717, 1.165) is 33.3 Å². The summed E-state index contributed by atoms with van der Waals surface area (Å²) in [7, 11) is 0. The second-order valence-corrected chi connectivity index (χ2v) is 6.09. The summed E-state index contributed by atoms with van der Waals surface area (Å²) >= 11 is 0. The number of aromatic nitrogens is 1. The molecule has 0 fully saturated rings. The number of azide groups is 1. The zero-order valence-electron chi connectivity index (χ0n) is 14.4. The van der Waals surface area contributed by atoms with Crippen molar-refractivity contribution in [3.8, 4) is 16.8 Å². The lowest BCUT2D eigenvalue weighted by Gasteiger charge is -2.11. The standard InChI is InChI=1S/C21H15N5O/c22-25-23-14-17-5-1-4-8-20(17)26-12-11-16-13-15(9-10-21(16)26)18-6-2-3-7-19(18)24-27/h1-13H,14H2. The molecule has 4 aromatic rings. The van der Waals surface area contributed by atoms with Crippen LogP contribution in [0, 0.1) is 4.91 Å². The molecule has 3 aromatic carbocycles. The molecule has 0 spiro atoms. The number of hydrogen-bond donors (Lipinski definition) is 0. The van der Waals surface area contributed by atoms with Crippen LogP contribution >= 0.6 is 0 Å². The number of para-hydroxylation sites is 1. The third kappa shape index (κ3) is 3.05. The van der Waals surface area contributed by atoms with Crippen molar-refractivity contribution in [2.75, 3.05) is 0 Å². The average Bonchev–Trinajstić information content (AvgIpc) is 3.15. The lowest BCUT2D eigenvalue weighted by Crippen LogP contribution is -1.97. The van der Waals surface area contributed by atoms with Gasteiger partial charge in [-0.2, -0.15) is 0 Å². The smallest absolute Gasteiger partial charge is 0.115 e. The molecule has 1 heterocycles. The quantitative estimate of drug-likeness (QED) is 0.174. The summed E-state index contributed by atoms with van der Waals surface area (Å²) in [4.78, 5) is 13.9. The van der Waals surface area contributed by atoms with E-state index in [0.29, 0.717) is 12.2 Å². The van der Waals surface area contributed by atoms with Crippen LogP contribution in [-0.4, -0.2) is 4.57 Å². The third-order valence-corrected chi connectivity index (χ3v) is 4.56. The van der Waals surface area contributed by atoms with E-state index in [1.54, 1.807) is 12.1 Å². The number of nitrogens with zero attached hydrogens (tertiary/aromatic N) is 5. The highest BCUT2D eigenvalue weighted by Gasteiger charge is 2.10. The largest absolute Gasteiger partial charge is 0.316 e. The summed E-state index contributed by atoms with van der Waals surface area (Å²) < 4.78 is 2.07. The summed E-state index contributed by atoms with van der Waals surface area (Å²) in [6.45, 7) is 0.294. The van der Waals surface area contributed by atoms with Crippen molar-refractivity contribution in [3.05, 3.63) is 99.9 Å². The Balaban J connectivity index is 1.83. The Morgan fingerprint density at radius 3 is 2.63 bits per heavy atom. The van der Waals surface area contributed by atoms with Crippen LogP contribution < -0.4 is 0 Å². The van der Waals surface area contributed by atoms with Crippen molar-refractivity contribution in [2.45, 2.75) is 6.54 Å². The summed E-state index contributed by atoms with van der Waals surface area (Å²) in [5.74, 6) is 0. The van der Waals surface area contributed by atoms with Crippen molar-refractivity contribution < 1.29 is 0 Å². The Morgan fingerprint density at radius 1 is 0.963 bits per heavy atom. The third-order valence-electron chi connectivity index (χ3n) is 4.56. The number of hydrogen-bond acceptors (Lipinski definition) is 3. The molecular weight excluding hydrogens is 338 g/mol. The fourth-order valence-electron chi connectivity index (χ4n) is 3.30. The Kier molecular flexibility index (Phi) is 4.39. The van der Waals surface area contributed by atoms with Crippen molar-refractivity contribution in [1.29, 1.82) is 0 Å². The Morgan fingerprint density at radius 2 is 1.78 bits per heavy atom. The van der Waals surface area contributed by atoms with E-state index < -0.39 is 0 Å². The van der Waals surface area contributed by atoms with Crippen LogP contribution in [0.25, 0.3) is 38.2 Å². The number of benzene rings is 3. The maximum Gasteiger partial charge on any atom is 0.115 e. The lowest BCUT2D eigenvalue weighted by atomic mass is 10.0. The van der Waals surface area contributed by atoms with Gasteiger partial charge in [-0.25, -0.2) is 0 Å². The first-order valence-electron chi connectivity index (χ1n) is 8.45. The molecule has 6 nitrogen and oxygen atoms in total. The molecule has 0 radical (unpaired) electrons. The van der Waals surface area contributed by atoms with Crippen LogP contribution in [-0.2, 0) is 6.54 Å². The van der Waals surface area contributed by atoms with Gasteiger partial charge in [-0.1, -0.05) is 47.6 Å². The minimum Gasteiger partial charge on any atom is -0.316 e. The van der Waals surface area contributed by atoms with Gasteiger partial charge in [0.25, 0.3) is 0 Å². The van der Waals surface area contributed by atoms with Gasteiger partial charge in [-0.3, -0.25) is 0 Å². The molecule has 0 N–H and O–H groups in total. The molecule has 130 valence electrons. The first-order chi connectivity index (χ1) is 13.3. The molecule has 0 unspecified atom stereocenters. The normalized spacial score (nSPS) is 10.5. The van der Waals surface area contributed by atoms with Crippen LogP contribution in [0.4, 0.5) is 5.69 Å². The monoisotopic (exact) mass is 353 g/mol. The first kappa shape index (κ1) is 16.6. The second kappa shape index (κ2) is 7.15. The Bertz CT molecular complexity index is 1190. The van der Waals surface area contributed by atoms with Crippen LogP contribution in [0.2, 0.25) is 0 Å². The summed E-state index contributed by atoms with van der Waals surface area (Å²) in [6.07, 6.45) is 1.99. The van der Waals surface area contributed by atoms with Crippen molar-refractivity contribution in [3.63, 3.8) is 0 Å². The van der Waals surface area contributed by atoms with Crippen molar-refractivity contribution in [2.24, 2.45) is 10.3 Å². The van der Waals surface area contributed by atoms with E-state index in [-0.39, 0.29) is 0 Å². The molecule has 0 saturated carbocycles. The topological polar surface area (TPSA) is 83.1 Å². The predicted octanol–water partition coefficient (Wildman–Crippen LogP) is 6.51. The molecule has 1 aromatic heterocycles. The van der Waals surface area contributed by atoms with Gasteiger partial charge >= 0.3 is 0 Å². The van der Waals surface area contributed by atoms with Crippen LogP contribution in [0.5, 0.6) is 0 Å². The molecule has 0 saturated heterocycles. The average molecular weight is 353 g/mol. The SMILES string of the molecule is [N-]=[N+]=NCc1ccccc1-n1ccc2cc(-c3ccccc3N=O)ccc21. The molecule has 4 rings (SSSR count). The van der Waals surface area contributed by atoms with Crippen molar-refractivity contribution >= 4 is 16.6 Å². The summed E-state index contributed by atoms with van der Waals surface area (Å²) in [5, 5.41) is 7.87. The fourth-order valence-corrected chi connectivity index (χ4v) is 3.30. The van der Waals surface area contributed by atoms with E-state index in [2.05, 4.69) is 19.8 Å². The van der Waals surface area contributed by atoms with Gasteiger partial charge in [-0.05, 0) is 52.2 Å². The van der Waals surface area contributed by atoms with E-state index in [1.807, 2.05) is 66.9 Å². The molecule has 0 aliphatic rings. The van der Waals surface area contributed by atoms with E-state index in [4.69, 9.17) is 5.53 Å². The molecule has 6 heteroatoms. The van der Waals surface area contributed by atoms with Gasteiger partial charge in [0.05, 0.1) is 12.1 Å².